The van der Waals surface area contributed by atoms with Gasteiger partial charge in [0.1, 0.15) is 0 Å². The molecule has 1 amide bonds. The van der Waals surface area contributed by atoms with Crippen LogP contribution in [0.2, 0.25) is 0 Å². The first-order chi connectivity index (χ1) is 9.56. The number of aliphatic carboxylic acids is 1. The zero-order chi connectivity index (χ0) is 14.5. The fraction of sp³-hybridized carbons (Fsp3) is 0.467. The first-order valence-corrected chi connectivity index (χ1v) is 6.75. The molecule has 0 radical (unpaired) electrons. The summed E-state index contributed by atoms with van der Waals surface area (Å²) in [4.78, 5) is 22.6. The number of carbonyl (C=O) groups excluding carboxylic acids is 1. The van der Waals surface area contributed by atoms with E-state index < -0.39 is 12.1 Å². The Hall–Kier alpha value is -1.88. The van der Waals surface area contributed by atoms with Gasteiger partial charge in [-0.15, -0.1) is 0 Å². The predicted octanol–water partition coefficient (Wildman–Crippen LogP) is 1.29. The second kappa shape index (κ2) is 6.52. The average molecular weight is 277 g/mol. The van der Waals surface area contributed by atoms with Crippen molar-refractivity contribution in [3.63, 3.8) is 0 Å². The van der Waals surface area contributed by atoms with Gasteiger partial charge in [-0.3, -0.25) is 4.79 Å². The van der Waals surface area contributed by atoms with E-state index in [2.05, 4.69) is 5.32 Å². The van der Waals surface area contributed by atoms with E-state index in [1.54, 1.807) is 0 Å². The van der Waals surface area contributed by atoms with E-state index in [0.717, 1.165) is 11.1 Å². The van der Waals surface area contributed by atoms with E-state index in [9.17, 15) is 9.59 Å². The summed E-state index contributed by atoms with van der Waals surface area (Å²) in [6.45, 7) is 2.34. The van der Waals surface area contributed by atoms with E-state index >= 15 is 0 Å². The maximum absolute atomic E-state index is 11.9. The Balaban J connectivity index is 1.76. The number of ether oxygens (including phenoxy) is 1. The third kappa shape index (κ3) is 3.81. The van der Waals surface area contributed by atoms with Crippen LogP contribution in [0.15, 0.2) is 24.3 Å². The summed E-state index contributed by atoms with van der Waals surface area (Å²) < 4.78 is 5.33. The third-order valence-corrected chi connectivity index (χ3v) is 3.52. The third-order valence-electron chi connectivity index (χ3n) is 3.52. The van der Waals surface area contributed by atoms with Gasteiger partial charge >= 0.3 is 5.97 Å². The molecule has 0 aliphatic carbocycles. The molecule has 1 aliphatic heterocycles. The standard InChI is InChI=1S/C15H19NO4/c1-10-4-2-3-5-11(10)8-14(17)16-9-12-6-7-13(20-12)15(18)19/h2-5,12-13H,6-9H2,1H3,(H,16,17)(H,18,19). The number of carbonyl (C=O) groups is 2. The predicted molar refractivity (Wildman–Crippen MR) is 73.4 cm³/mol. The van der Waals surface area contributed by atoms with Crippen LogP contribution >= 0.6 is 0 Å². The van der Waals surface area contributed by atoms with E-state index in [-0.39, 0.29) is 12.0 Å². The van der Waals surface area contributed by atoms with Crippen LogP contribution in [0.25, 0.3) is 0 Å². The number of carboxylic acids is 1. The summed E-state index contributed by atoms with van der Waals surface area (Å²) >= 11 is 0. The van der Waals surface area contributed by atoms with E-state index in [1.807, 2.05) is 31.2 Å². The number of hydrogen-bond donors (Lipinski definition) is 2. The molecule has 0 bridgehead atoms. The lowest BCUT2D eigenvalue weighted by molar-refractivity contribution is -0.149. The quantitative estimate of drug-likeness (QED) is 0.850. The topological polar surface area (TPSA) is 75.6 Å². The molecule has 2 rings (SSSR count). The molecule has 0 saturated carbocycles. The second-order valence-corrected chi connectivity index (χ2v) is 5.07. The average Bonchev–Trinajstić information content (AvgIpc) is 2.88. The van der Waals surface area contributed by atoms with Gasteiger partial charge in [0, 0.05) is 6.54 Å². The molecule has 0 aromatic heterocycles. The van der Waals surface area contributed by atoms with Gasteiger partial charge in [-0.1, -0.05) is 24.3 Å². The van der Waals surface area contributed by atoms with E-state index in [0.29, 0.717) is 25.8 Å². The molecule has 5 heteroatoms. The van der Waals surface area contributed by atoms with Crippen molar-refractivity contribution in [2.75, 3.05) is 6.54 Å². The SMILES string of the molecule is Cc1ccccc1CC(=O)NCC1CCC(C(=O)O)O1. The smallest absolute Gasteiger partial charge is 0.332 e. The number of amides is 1. The van der Waals surface area contributed by atoms with E-state index in [1.165, 1.54) is 0 Å². The van der Waals surface area contributed by atoms with Crippen LogP contribution < -0.4 is 5.32 Å². The number of rotatable bonds is 5. The van der Waals surface area contributed by atoms with Crippen molar-refractivity contribution in [2.45, 2.75) is 38.4 Å². The van der Waals surface area contributed by atoms with Gasteiger partial charge < -0.3 is 15.2 Å². The fourth-order valence-corrected chi connectivity index (χ4v) is 2.31. The molecular formula is C15H19NO4. The summed E-state index contributed by atoms with van der Waals surface area (Å²) in [6, 6.07) is 7.75. The molecule has 2 N–H and O–H groups in total. The van der Waals surface area contributed by atoms with Crippen molar-refractivity contribution in [1.29, 1.82) is 0 Å². The summed E-state index contributed by atoms with van der Waals surface area (Å²) in [7, 11) is 0. The van der Waals surface area contributed by atoms with Crippen molar-refractivity contribution in [2.24, 2.45) is 0 Å². The molecule has 2 atom stereocenters. The first kappa shape index (κ1) is 14.5. The Labute approximate surface area is 117 Å². The lowest BCUT2D eigenvalue weighted by Crippen LogP contribution is -2.34. The van der Waals surface area contributed by atoms with Crippen LogP contribution in [-0.4, -0.2) is 35.7 Å². The second-order valence-electron chi connectivity index (χ2n) is 5.07. The summed E-state index contributed by atoms with van der Waals surface area (Å²) in [5.74, 6) is -1.000. The molecule has 1 aromatic carbocycles. The van der Waals surface area contributed by atoms with Crippen molar-refractivity contribution in [1.82, 2.24) is 5.32 Å². The fourth-order valence-electron chi connectivity index (χ4n) is 2.31. The summed E-state index contributed by atoms with van der Waals surface area (Å²) in [6.07, 6.45) is 0.585. The van der Waals surface area contributed by atoms with Crippen LogP contribution in [-0.2, 0) is 20.7 Å². The molecule has 1 aliphatic rings. The van der Waals surface area contributed by atoms with E-state index in [4.69, 9.17) is 9.84 Å². The van der Waals surface area contributed by atoms with Gasteiger partial charge in [-0.05, 0) is 30.9 Å². The maximum Gasteiger partial charge on any atom is 0.332 e. The highest BCUT2D eigenvalue weighted by atomic mass is 16.5. The van der Waals surface area contributed by atoms with Crippen LogP contribution in [0.3, 0.4) is 0 Å². The molecule has 0 spiro atoms. The highest BCUT2D eigenvalue weighted by Gasteiger charge is 2.30. The molecule has 2 unspecified atom stereocenters. The molecular weight excluding hydrogens is 258 g/mol. The van der Waals surface area contributed by atoms with Crippen LogP contribution in [0.4, 0.5) is 0 Å². The highest BCUT2D eigenvalue weighted by Crippen LogP contribution is 2.19. The highest BCUT2D eigenvalue weighted by molar-refractivity contribution is 5.79. The van der Waals surface area contributed by atoms with Gasteiger partial charge in [0.05, 0.1) is 12.5 Å². The van der Waals surface area contributed by atoms with Gasteiger partial charge in [0.15, 0.2) is 6.10 Å². The Bertz CT molecular complexity index is 500. The zero-order valence-electron chi connectivity index (χ0n) is 11.5. The van der Waals surface area contributed by atoms with Crippen molar-refractivity contribution in [3.05, 3.63) is 35.4 Å². The minimum Gasteiger partial charge on any atom is -0.479 e. The number of benzene rings is 1. The molecule has 5 nitrogen and oxygen atoms in total. The Morgan fingerprint density at radius 1 is 1.35 bits per heavy atom. The van der Waals surface area contributed by atoms with Gasteiger partial charge in [-0.2, -0.15) is 0 Å². The number of hydrogen-bond acceptors (Lipinski definition) is 3. The Morgan fingerprint density at radius 2 is 2.10 bits per heavy atom. The molecule has 1 heterocycles. The lowest BCUT2D eigenvalue weighted by atomic mass is 10.1. The maximum atomic E-state index is 11.9. The van der Waals surface area contributed by atoms with Crippen LogP contribution in [0, 0.1) is 6.92 Å². The molecule has 1 saturated heterocycles. The minimum atomic E-state index is -0.932. The molecule has 108 valence electrons. The van der Waals surface area contributed by atoms with Gasteiger partial charge in [0.25, 0.3) is 0 Å². The van der Waals surface area contributed by atoms with Gasteiger partial charge in [-0.25, -0.2) is 4.79 Å². The minimum absolute atomic E-state index is 0.0679. The first-order valence-electron chi connectivity index (χ1n) is 6.75. The number of nitrogens with one attached hydrogen (secondary N) is 1. The number of aryl methyl sites for hydroxylation is 1. The molecule has 1 aromatic rings. The lowest BCUT2D eigenvalue weighted by Gasteiger charge is -2.12. The van der Waals surface area contributed by atoms with Gasteiger partial charge in [0.2, 0.25) is 5.91 Å². The summed E-state index contributed by atoms with van der Waals surface area (Å²) in [5.41, 5.74) is 2.09. The van der Waals surface area contributed by atoms with Crippen LogP contribution in [0.5, 0.6) is 0 Å². The van der Waals surface area contributed by atoms with Crippen molar-refractivity contribution < 1.29 is 19.4 Å². The van der Waals surface area contributed by atoms with Crippen molar-refractivity contribution in [3.8, 4) is 0 Å². The Morgan fingerprint density at radius 3 is 2.75 bits per heavy atom. The molecule has 20 heavy (non-hydrogen) atoms. The number of carboxylic acid groups (broad SMARTS) is 1. The van der Waals surface area contributed by atoms with Crippen molar-refractivity contribution >= 4 is 11.9 Å². The summed E-state index contributed by atoms with van der Waals surface area (Å²) in [5, 5.41) is 11.6. The Kier molecular flexibility index (Phi) is 4.74. The largest absolute Gasteiger partial charge is 0.479 e. The van der Waals surface area contributed by atoms with Crippen LogP contribution in [0.1, 0.15) is 24.0 Å². The zero-order valence-corrected chi connectivity index (χ0v) is 11.5. The normalized spacial score (nSPS) is 21.6. The molecule has 1 fully saturated rings. The monoisotopic (exact) mass is 277 g/mol.